The Bertz CT molecular complexity index is 1920. The molecule has 8 nitrogen and oxygen atoms in total. The summed E-state index contributed by atoms with van der Waals surface area (Å²) in [4.78, 5) is 30.3. The lowest BCUT2D eigenvalue weighted by Gasteiger charge is -2.22. The maximum absolute atomic E-state index is 15.0. The van der Waals surface area contributed by atoms with Crippen LogP contribution in [0.25, 0.3) is 27.7 Å². The van der Waals surface area contributed by atoms with Gasteiger partial charge in [0, 0.05) is 61.8 Å². The minimum Gasteiger partial charge on any atom is -0.381 e. The molecule has 11 heteroatoms. The van der Waals surface area contributed by atoms with Crippen LogP contribution in [-0.4, -0.2) is 51.4 Å². The summed E-state index contributed by atoms with van der Waals surface area (Å²) < 4.78 is 39.0. The fourth-order valence-corrected chi connectivity index (χ4v) is 6.05. The second-order valence-corrected chi connectivity index (χ2v) is 11.2. The maximum Gasteiger partial charge on any atom is 0.248 e. The number of hydrogen-bond donors (Lipinski definition) is 2. The lowest BCUT2D eigenvalue weighted by Crippen LogP contribution is -2.34. The largest absolute Gasteiger partial charge is 0.381 e. The summed E-state index contributed by atoms with van der Waals surface area (Å²) in [5, 5.41) is 6.02. The van der Waals surface area contributed by atoms with Gasteiger partial charge in [0.15, 0.2) is 0 Å². The number of imidazole rings is 1. The van der Waals surface area contributed by atoms with Crippen molar-refractivity contribution >= 4 is 45.5 Å². The third-order valence-corrected chi connectivity index (χ3v) is 8.29. The first-order chi connectivity index (χ1) is 21.2. The number of carbonyl (C=O) groups excluding carboxylic acids is 2. The number of amides is 1. The van der Waals surface area contributed by atoms with E-state index in [2.05, 4.69) is 15.6 Å². The number of carbonyl (C=O) groups is 2. The average molecular weight is 618 g/mol. The van der Waals surface area contributed by atoms with Crippen molar-refractivity contribution in [3.05, 3.63) is 101 Å². The van der Waals surface area contributed by atoms with Gasteiger partial charge in [-0.25, -0.2) is 13.8 Å². The fraction of sp³-hybridized carbons (Fsp3) is 0.242. The number of fused-ring (bicyclic) bond motifs is 2. The summed E-state index contributed by atoms with van der Waals surface area (Å²) in [6.07, 6.45) is 7.99. The molecule has 3 aromatic heterocycles. The van der Waals surface area contributed by atoms with Crippen LogP contribution in [0.1, 0.15) is 34.5 Å². The number of halogens is 3. The number of pyridine rings is 1. The van der Waals surface area contributed by atoms with Crippen molar-refractivity contribution in [2.75, 3.05) is 25.1 Å². The molecule has 44 heavy (non-hydrogen) atoms. The number of anilines is 1. The van der Waals surface area contributed by atoms with E-state index in [4.69, 9.17) is 16.3 Å². The van der Waals surface area contributed by atoms with Gasteiger partial charge in [-0.05, 0) is 61.7 Å². The molecule has 0 atom stereocenters. The molecule has 2 N–H and O–H groups in total. The monoisotopic (exact) mass is 617 g/mol. The summed E-state index contributed by atoms with van der Waals surface area (Å²) in [5.41, 5.74) is 4.16. The summed E-state index contributed by atoms with van der Waals surface area (Å²) in [5.74, 6) is -3.37. The smallest absolute Gasteiger partial charge is 0.248 e. The van der Waals surface area contributed by atoms with Crippen molar-refractivity contribution < 1.29 is 23.1 Å². The van der Waals surface area contributed by atoms with Crippen LogP contribution in [-0.2, 0) is 16.6 Å². The molecule has 226 valence electrons. The lowest BCUT2D eigenvalue weighted by molar-refractivity contribution is -0.112. The van der Waals surface area contributed by atoms with Crippen LogP contribution < -0.4 is 10.6 Å². The van der Waals surface area contributed by atoms with E-state index in [1.54, 1.807) is 41.2 Å². The number of benzene rings is 2. The van der Waals surface area contributed by atoms with Gasteiger partial charge in [-0.1, -0.05) is 23.7 Å². The summed E-state index contributed by atoms with van der Waals surface area (Å²) in [6, 6.07) is 11.2. The van der Waals surface area contributed by atoms with E-state index >= 15 is 8.78 Å². The molecule has 1 amide bonds. The number of rotatable bonds is 8. The Labute approximate surface area is 257 Å². The van der Waals surface area contributed by atoms with Crippen molar-refractivity contribution in [1.82, 2.24) is 19.3 Å². The Morgan fingerprint density at radius 1 is 1.11 bits per heavy atom. The van der Waals surface area contributed by atoms with E-state index in [0.29, 0.717) is 41.9 Å². The van der Waals surface area contributed by atoms with Crippen molar-refractivity contribution in [2.24, 2.45) is 7.05 Å². The highest BCUT2D eigenvalue weighted by molar-refractivity contribution is 6.38. The van der Waals surface area contributed by atoms with Gasteiger partial charge < -0.3 is 24.3 Å². The van der Waals surface area contributed by atoms with Gasteiger partial charge in [-0.15, -0.1) is 0 Å². The zero-order valence-electron chi connectivity index (χ0n) is 24.2. The Morgan fingerprint density at radius 2 is 1.86 bits per heavy atom. The quantitative estimate of drug-likeness (QED) is 0.159. The number of nitrogens with zero attached hydrogens (tertiary/aromatic N) is 3. The first kappa shape index (κ1) is 29.7. The molecule has 2 aromatic carbocycles. The molecule has 0 saturated carbocycles. The Morgan fingerprint density at radius 3 is 2.61 bits per heavy atom. The van der Waals surface area contributed by atoms with Crippen molar-refractivity contribution in [1.29, 1.82) is 0 Å². The summed E-state index contributed by atoms with van der Waals surface area (Å²) >= 11 is 6.84. The highest BCUT2D eigenvalue weighted by Gasteiger charge is 2.22. The third-order valence-electron chi connectivity index (χ3n) is 7.92. The standard InChI is InChI=1S/C33H30ClF2N5O3/c1-19-15-27-32(38-18-40(27)2)30(34)29(19)22-5-4-12-41-25(22)7-8-26(41)33(43)20-16-23(35)31(24(36)17-20)39-28(42)6-3-11-37-21-9-13-44-14-10-21/h3-8,12,15-18,21,37H,9-11,13-14H2,1-2H3,(H,39,42)/b6-3+. The second-order valence-electron chi connectivity index (χ2n) is 10.8. The fourth-order valence-electron chi connectivity index (χ4n) is 5.65. The number of ketones is 1. The number of aromatic nitrogens is 3. The van der Waals surface area contributed by atoms with Crippen LogP contribution in [0.5, 0.6) is 0 Å². The lowest BCUT2D eigenvalue weighted by atomic mass is 9.99. The number of aryl methyl sites for hydroxylation is 2. The first-order valence-corrected chi connectivity index (χ1v) is 14.6. The van der Waals surface area contributed by atoms with Crippen molar-refractivity contribution in [2.45, 2.75) is 25.8 Å². The topological polar surface area (TPSA) is 89.7 Å². The van der Waals surface area contributed by atoms with Gasteiger partial charge in [0.25, 0.3) is 0 Å². The van der Waals surface area contributed by atoms with Gasteiger partial charge in [0.1, 0.15) is 22.8 Å². The van der Waals surface area contributed by atoms with Crippen molar-refractivity contribution in [3.63, 3.8) is 0 Å². The van der Waals surface area contributed by atoms with Crippen molar-refractivity contribution in [3.8, 4) is 11.1 Å². The molecule has 1 fully saturated rings. The Hall–Kier alpha value is -4.38. The van der Waals surface area contributed by atoms with Gasteiger partial charge >= 0.3 is 0 Å². The Kier molecular flexibility index (Phi) is 8.31. The van der Waals surface area contributed by atoms with Crippen LogP contribution >= 0.6 is 11.6 Å². The van der Waals surface area contributed by atoms with E-state index in [1.807, 2.05) is 30.7 Å². The van der Waals surface area contributed by atoms with E-state index in [0.717, 1.165) is 47.2 Å². The van der Waals surface area contributed by atoms with E-state index in [1.165, 1.54) is 6.08 Å². The normalized spacial score (nSPS) is 14.2. The average Bonchev–Trinajstić information content (AvgIpc) is 3.61. The van der Waals surface area contributed by atoms with E-state index < -0.39 is 29.0 Å². The third kappa shape index (κ3) is 5.63. The zero-order valence-corrected chi connectivity index (χ0v) is 24.9. The molecule has 6 rings (SSSR count). The molecule has 0 bridgehead atoms. The minimum atomic E-state index is -1.05. The molecule has 0 unspecified atom stereocenters. The SMILES string of the molecule is Cc1cc2c(ncn2C)c(Cl)c1-c1cccn2c(C(=O)c3cc(F)c(NC(=O)/C=C/CNC4CCOCC4)c(F)c3)ccc12. The van der Waals surface area contributed by atoms with E-state index in [9.17, 15) is 9.59 Å². The molecule has 1 aliphatic rings. The Balaban J connectivity index is 1.23. The van der Waals surface area contributed by atoms with Crippen LogP contribution in [0, 0.1) is 18.6 Å². The molecule has 0 radical (unpaired) electrons. The summed E-state index contributed by atoms with van der Waals surface area (Å²) in [6.45, 7) is 3.78. The number of hydrogen-bond acceptors (Lipinski definition) is 5. The first-order valence-electron chi connectivity index (χ1n) is 14.3. The minimum absolute atomic E-state index is 0.191. The highest BCUT2D eigenvalue weighted by Crippen LogP contribution is 2.39. The number of nitrogens with one attached hydrogen (secondary N) is 2. The zero-order chi connectivity index (χ0) is 31.0. The number of ether oxygens (including phenoxy) is 1. The maximum atomic E-state index is 15.0. The molecular weight excluding hydrogens is 588 g/mol. The predicted molar refractivity (Wildman–Crippen MR) is 166 cm³/mol. The summed E-state index contributed by atoms with van der Waals surface area (Å²) in [7, 11) is 1.90. The molecule has 1 saturated heterocycles. The van der Waals surface area contributed by atoms with Gasteiger partial charge in [-0.3, -0.25) is 9.59 Å². The molecule has 0 aliphatic carbocycles. The molecular formula is C33H30ClF2N5O3. The predicted octanol–water partition coefficient (Wildman–Crippen LogP) is 6.23. The van der Waals surface area contributed by atoms with Crippen LogP contribution in [0.4, 0.5) is 14.5 Å². The molecule has 4 heterocycles. The van der Waals surface area contributed by atoms with Gasteiger partial charge in [0.05, 0.1) is 28.1 Å². The second kappa shape index (κ2) is 12.3. The van der Waals surface area contributed by atoms with Gasteiger partial charge in [-0.2, -0.15) is 0 Å². The van der Waals surface area contributed by atoms with Crippen LogP contribution in [0.15, 0.2) is 67.1 Å². The molecule has 5 aromatic rings. The highest BCUT2D eigenvalue weighted by atomic mass is 35.5. The van der Waals surface area contributed by atoms with Gasteiger partial charge in [0.2, 0.25) is 11.7 Å². The van der Waals surface area contributed by atoms with E-state index in [-0.39, 0.29) is 11.3 Å². The molecule has 1 aliphatic heterocycles. The van der Waals surface area contributed by atoms with Crippen LogP contribution in [0.2, 0.25) is 5.02 Å². The van der Waals surface area contributed by atoms with Crippen LogP contribution in [0.3, 0.4) is 0 Å². The molecule has 0 spiro atoms.